The standard InChI is InChI=1S/C16H14ClFO/c1-10-3-4-11(2)12(7-10)8-16(19)14-6-5-13(17)9-15(14)18/h3-7,9H,8H2,1-2H3. The molecule has 1 nitrogen and oxygen atoms in total. The van der Waals surface area contributed by atoms with Crippen LogP contribution in [-0.2, 0) is 6.42 Å². The van der Waals surface area contributed by atoms with Gasteiger partial charge in [-0.2, -0.15) is 0 Å². The number of hydrogen-bond acceptors (Lipinski definition) is 1. The summed E-state index contributed by atoms with van der Waals surface area (Å²) in [5.74, 6) is -0.800. The summed E-state index contributed by atoms with van der Waals surface area (Å²) in [6.45, 7) is 3.91. The van der Waals surface area contributed by atoms with Crippen molar-refractivity contribution in [3.05, 3.63) is 69.5 Å². The van der Waals surface area contributed by atoms with Crippen molar-refractivity contribution in [3.8, 4) is 0 Å². The van der Waals surface area contributed by atoms with Crippen LogP contribution in [0.3, 0.4) is 0 Å². The highest BCUT2D eigenvalue weighted by molar-refractivity contribution is 6.30. The number of aryl methyl sites for hydroxylation is 2. The van der Waals surface area contributed by atoms with Gasteiger partial charge in [-0.1, -0.05) is 35.4 Å². The van der Waals surface area contributed by atoms with Crippen LogP contribution in [0.2, 0.25) is 5.02 Å². The normalized spacial score (nSPS) is 10.5. The molecule has 3 heteroatoms. The second kappa shape index (κ2) is 5.54. The third kappa shape index (κ3) is 3.21. The number of rotatable bonds is 3. The summed E-state index contributed by atoms with van der Waals surface area (Å²) in [5.41, 5.74) is 3.14. The third-order valence-corrected chi connectivity index (χ3v) is 3.32. The summed E-state index contributed by atoms with van der Waals surface area (Å²) in [7, 11) is 0. The molecule has 0 aliphatic carbocycles. The molecule has 0 bridgehead atoms. The first-order valence-electron chi connectivity index (χ1n) is 6.02. The molecule has 0 aliphatic rings. The lowest BCUT2D eigenvalue weighted by Gasteiger charge is -2.07. The Morgan fingerprint density at radius 3 is 2.58 bits per heavy atom. The summed E-state index contributed by atoms with van der Waals surface area (Å²) in [6.07, 6.45) is 0.200. The zero-order valence-electron chi connectivity index (χ0n) is 10.8. The summed E-state index contributed by atoms with van der Waals surface area (Å²) in [5, 5.41) is 0.292. The molecule has 0 radical (unpaired) electrons. The fraction of sp³-hybridized carbons (Fsp3) is 0.188. The van der Waals surface area contributed by atoms with Gasteiger partial charge in [0.25, 0.3) is 0 Å². The fourth-order valence-electron chi connectivity index (χ4n) is 1.97. The molecule has 0 amide bonds. The zero-order valence-corrected chi connectivity index (χ0v) is 11.6. The first kappa shape index (κ1) is 13.8. The maximum atomic E-state index is 13.7. The molecule has 2 aromatic rings. The van der Waals surface area contributed by atoms with Crippen LogP contribution in [0.25, 0.3) is 0 Å². The summed E-state index contributed by atoms with van der Waals surface area (Å²) < 4.78 is 13.7. The molecular formula is C16H14ClFO. The number of benzene rings is 2. The Balaban J connectivity index is 2.28. The van der Waals surface area contributed by atoms with E-state index in [9.17, 15) is 9.18 Å². The molecule has 2 aromatic carbocycles. The van der Waals surface area contributed by atoms with E-state index < -0.39 is 5.82 Å². The maximum Gasteiger partial charge on any atom is 0.170 e. The molecule has 19 heavy (non-hydrogen) atoms. The van der Waals surface area contributed by atoms with Gasteiger partial charge in [-0.15, -0.1) is 0 Å². The van der Waals surface area contributed by atoms with E-state index in [1.807, 2.05) is 32.0 Å². The average Bonchev–Trinajstić information content (AvgIpc) is 2.33. The second-order valence-electron chi connectivity index (χ2n) is 4.65. The Bertz CT molecular complexity index is 635. The van der Waals surface area contributed by atoms with Crippen molar-refractivity contribution in [2.75, 3.05) is 0 Å². The SMILES string of the molecule is Cc1ccc(C)c(CC(=O)c2ccc(Cl)cc2F)c1. The number of Topliss-reactive ketones (excluding diaryl/α,β-unsaturated/α-hetero) is 1. The van der Waals surface area contributed by atoms with Gasteiger partial charge in [0.2, 0.25) is 0 Å². The molecule has 0 saturated heterocycles. The molecule has 0 fully saturated rings. The Morgan fingerprint density at radius 2 is 1.89 bits per heavy atom. The largest absolute Gasteiger partial charge is 0.294 e. The van der Waals surface area contributed by atoms with Crippen LogP contribution in [0.4, 0.5) is 4.39 Å². The summed E-state index contributed by atoms with van der Waals surface area (Å²) in [6, 6.07) is 10.0. The number of hydrogen-bond donors (Lipinski definition) is 0. The number of ketones is 1. The predicted molar refractivity (Wildman–Crippen MR) is 75.4 cm³/mol. The van der Waals surface area contributed by atoms with Crippen molar-refractivity contribution < 1.29 is 9.18 Å². The van der Waals surface area contributed by atoms with Gasteiger partial charge in [0.1, 0.15) is 5.82 Å². The van der Waals surface area contributed by atoms with E-state index in [1.54, 1.807) is 0 Å². The van der Waals surface area contributed by atoms with Gasteiger partial charge in [0.05, 0.1) is 5.56 Å². The third-order valence-electron chi connectivity index (χ3n) is 3.09. The van der Waals surface area contributed by atoms with E-state index in [1.165, 1.54) is 12.1 Å². The van der Waals surface area contributed by atoms with Gasteiger partial charge in [0, 0.05) is 11.4 Å². The minimum absolute atomic E-state index is 0.0882. The molecule has 0 spiro atoms. The van der Waals surface area contributed by atoms with Gasteiger partial charge in [-0.3, -0.25) is 4.79 Å². The van der Waals surface area contributed by atoms with Crippen molar-refractivity contribution in [2.45, 2.75) is 20.3 Å². The molecule has 0 aromatic heterocycles. The minimum atomic E-state index is -0.567. The predicted octanol–water partition coefficient (Wildman–Crippen LogP) is 4.52. The van der Waals surface area contributed by atoms with Crippen LogP contribution in [0, 0.1) is 19.7 Å². The monoisotopic (exact) mass is 276 g/mol. The molecular weight excluding hydrogens is 263 g/mol. The van der Waals surface area contributed by atoms with Crippen LogP contribution in [0.1, 0.15) is 27.0 Å². The van der Waals surface area contributed by atoms with Crippen LogP contribution in [-0.4, -0.2) is 5.78 Å². The molecule has 0 heterocycles. The van der Waals surface area contributed by atoms with E-state index in [4.69, 9.17) is 11.6 Å². The van der Waals surface area contributed by atoms with Gasteiger partial charge >= 0.3 is 0 Å². The average molecular weight is 277 g/mol. The van der Waals surface area contributed by atoms with Crippen LogP contribution in [0.5, 0.6) is 0 Å². The van der Waals surface area contributed by atoms with Crippen molar-refractivity contribution in [1.82, 2.24) is 0 Å². The Labute approximate surface area is 117 Å². The van der Waals surface area contributed by atoms with Crippen LogP contribution >= 0.6 is 11.6 Å². The van der Waals surface area contributed by atoms with E-state index in [-0.39, 0.29) is 17.8 Å². The molecule has 2 rings (SSSR count). The second-order valence-corrected chi connectivity index (χ2v) is 5.09. The van der Waals surface area contributed by atoms with Gasteiger partial charge in [-0.05, 0) is 43.2 Å². The Morgan fingerprint density at radius 1 is 1.16 bits per heavy atom. The smallest absolute Gasteiger partial charge is 0.170 e. The van der Waals surface area contributed by atoms with Crippen molar-refractivity contribution in [1.29, 1.82) is 0 Å². The van der Waals surface area contributed by atoms with Crippen LogP contribution in [0.15, 0.2) is 36.4 Å². The van der Waals surface area contributed by atoms with Crippen LogP contribution < -0.4 is 0 Å². The van der Waals surface area contributed by atoms with E-state index in [2.05, 4.69) is 0 Å². The van der Waals surface area contributed by atoms with Crippen molar-refractivity contribution in [2.24, 2.45) is 0 Å². The van der Waals surface area contributed by atoms with E-state index in [0.29, 0.717) is 5.02 Å². The lowest BCUT2D eigenvalue weighted by atomic mass is 9.97. The first-order chi connectivity index (χ1) is 8.97. The van der Waals surface area contributed by atoms with Crippen molar-refractivity contribution in [3.63, 3.8) is 0 Å². The molecule has 0 atom stereocenters. The molecule has 0 N–H and O–H groups in total. The zero-order chi connectivity index (χ0) is 14.0. The fourth-order valence-corrected chi connectivity index (χ4v) is 2.13. The first-order valence-corrected chi connectivity index (χ1v) is 6.39. The maximum absolute atomic E-state index is 13.7. The number of carbonyl (C=O) groups is 1. The highest BCUT2D eigenvalue weighted by Gasteiger charge is 2.13. The van der Waals surface area contributed by atoms with E-state index >= 15 is 0 Å². The lowest BCUT2D eigenvalue weighted by molar-refractivity contribution is 0.0989. The highest BCUT2D eigenvalue weighted by Crippen LogP contribution is 2.18. The number of halogens is 2. The molecule has 0 unspecified atom stereocenters. The summed E-state index contributed by atoms with van der Waals surface area (Å²) in [4.78, 5) is 12.1. The lowest BCUT2D eigenvalue weighted by Crippen LogP contribution is -2.07. The summed E-state index contributed by atoms with van der Waals surface area (Å²) >= 11 is 5.68. The minimum Gasteiger partial charge on any atom is -0.294 e. The van der Waals surface area contributed by atoms with Gasteiger partial charge in [-0.25, -0.2) is 4.39 Å². The van der Waals surface area contributed by atoms with Gasteiger partial charge < -0.3 is 0 Å². The molecule has 98 valence electrons. The Kier molecular flexibility index (Phi) is 4.01. The Hall–Kier alpha value is -1.67. The molecule has 0 aliphatic heterocycles. The quantitative estimate of drug-likeness (QED) is 0.753. The topological polar surface area (TPSA) is 17.1 Å². The molecule has 0 saturated carbocycles. The van der Waals surface area contributed by atoms with E-state index in [0.717, 1.165) is 22.8 Å². The van der Waals surface area contributed by atoms with Gasteiger partial charge in [0.15, 0.2) is 5.78 Å². The number of carbonyl (C=O) groups excluding carboxylic acids is 1. The van der Waals surface area contributed by atoms with Crippen molar-refractivity contribution >= 4 is 17.4 Å². The highest BCUT2D eigenvalue weighted by atomic mass is 35.5.